The van der Waals surface area contributed by atoms with Crippen LogP contribution in [0.2, 0.25) is 0 Å². The van der Waals surface area contributed by atoms with Crippen molar-refractivity contribution >= 4 is 0 Å². The van der Waals surface area contributed by atoms with Crippen LogP contribution in [-0.4, -0.2) is 29.6 Å². The van der Waals surface area contributed by atoms with E-state index < -0.39 is 0 Å². The molecule has 1 saturated heterocycles. The van der Waals surface area contributed by atoms with Crippen LogP contribution in [0.1, 0.15) is 24.4 Å². The maximum Gasteiger partial charge on any atom is 0.349 e. The van der Waals surface area contributed by atoms with Crippen LogP contribution in [-0.2, 0) is 20.8 Å². The third-order valence-electron chi connectivity index (χ3n) is 3.26. The van der Waals surface area contributed by atoms with Crippen molar-refractivity contribution in [2.45, 2.75) is 33.0 Å². The van der Waals surface area contributed by atoms with Crippen molar-refractivity contribution < 1.29 is 14.2 Å². The Morgan fingerprint density at radius 3 is 2.61 bits per heavy atom. The van der Waals surface area contributed by atoms with Gasteiger partial charge in [0.25, 0.3) is 0 Å². The highest BCUT2D eigenvalue weighted by Gasteiger charge is 2.24. The molecule has 124 valence electrons. The highest BCUT2D eigenvalue weighted by Crippen LogP contribution is 2.18. The van der Waals surface area contributed by atoms with E-state index in [2.05, 4.69) is 4.98 Å². The SMILES string of the molecule is COCc1ccccc1.Cc1ccn([C@@H]2CO[C@H](C)O2)c(=O)n1. The molecule has 1 fully saturated rings. The summed E-state index contributed by atoms with van der Waals surface area (Å²) in [6, 6.07) is 11.9. The second kappa shape index (κ2) is 8.57. The van der Waals surface area contributed by atoms with Crippen molar-refractivity contribution in [2.75, 3.05) is 13.7 Å². The minimum absolute atomic E-state index is 0.256. The van der Waals surface area contributed by atoms with Crippen LogP contribution in [0.5, 0.6) is 0 Å². The summed E-state index contributed by atoms with van der Waals surface area (Å²) in [4.78, 5) is 15.3. The fourth-order valence-electron chi connectivity index (χ4n) is 2.12. The largest absolute Gasteiger partial charge is 0.380 e. The molecule has 0 radical (unpaired) electrons. The van der Waals surface area contributed by atoms with E-state index in [-0.39, 0.29) is 18.2 Å². The summed E-state index contributed by atoms with van der Waals surface area (Å²) in [5.41, 5.74) is 1.63. The Morgan fingerprint density at radius 2 is 2.04 bits per heavy atom. The molecule has 23 heavy (non-hydrogen) atoms. The molecule has 0 bridgehead atoms. The lowest BCUT2D eigenvalue weighted by atomic mass is 10.2. The molecule has 1 aliphatic heterocycles. The van der Waals surface area contributed by atoms with Gasteiger partial charge in [-0.1, -0.05) is 30.3 Å². The topological polar surface area (TPSA) is 62.6 Å². The van der Waals surface area contributed by atoms with Crippen molar-refractivity contribution in [3.8, 4) is 0 Å². The number of rotatable bonds is 3. The highest BCUT2D eigenvalue weighted by atomic mass is 16.7. The number of aryl methyl sites for hydroxylation is 1. The number of nitrogens with zero attached hydrogens (tertiary/aromatic N) is 2. The zero-order valence-corrected chi connectivity index (χ0v) is 13.6. The van der Waals surface area contributed by atoms with E-state index in [9.17, 15) is 4.79 Å². The van der Waals surface area contributed by atoms with Gasteiger partial charge < -0.3 is 14.2 Å². The highest BCUT2D eigenvalue weighted by molar-refractivity contribution is 5.13. The van der Waals surface area contributed by atoms with Crippen molar-refractivity contribution in [2.24, 2.45) is 0 Å². The molecule has 3 rings (SSSR count). The second-order valence-corrected chi connectivity index (χ2v) is 5.17. The Hall–Kier alpha value is -2.02. The molecule has 0 amide bonds. The quantitative estimate of drug-likeness (QED) is 0.869. The first-order valence-corrected chi connectivity index (χ1v) is 7.46. The van der Waals surface area contributed by atoms with E-state index in [4.69, 9.17) is 14.2 Å². The van der Waals surface area contributed by atoms with Crippen LogP contribution >= 0.6 is 0 Å². The third-order valence-corrected chi connectivity index (χ3v) is 3.26. The number of methoxy groups -OCH3 is 1. The third kappa shape index (κ3) is 5.28. The summed E-state index contributed by atoms with van der Waals surface area (Å²) in [6.45, 7) is 4.68. The summed E-state index contributed by atoms with van der Waals surface area (Å²) in [5, 5.41) is 0. The first kappa shape index (κ1) is 17.3. The molecule has 0 aliphatic carbocycles. The van der Waals surface area contributed by atoms with E-state index in [0.717, 1.165) is 0 Å². The summed E-state index contributed by atoms with van der Waals surface area (Å²) >= 11 is 0. The lowest BCUT2D eigenvalue weighted by Gasteiger charge is -2.11. The predicted octanol–water partition coefficient (Wildman–Crippen LogP) is 2.28. The number of hydrogen-bond donors (Lipinski definition) is 0. The molecule has 2 heterocycles. The van der Waals surface area contributed by atoms with Crippen LogP contribution in [0.15, 0.2) is 47.4 Å². The van der Waals surface area contributed by atoms with Crippen molar-refractivity contribution in [3.63, 3.8) is 0 Å². The Kier molecular flexibility index (Phi) is 6.46. The van der Waals surface area contributed by atoms with Gasteiger partial charge >= 0.3 is 5.69 Å². The van der Waals surface area contributed by atoms with Crippen molar-refractivity contribution in [1.82, 2.24) is 9.55 Å². The lowest BCUT2D eigenvalue weighted by molar-refractivity contribution is -0.0579. The Labute approximate surface area is 135 Å². The molecule has 1 aromatic heterocycles. The summed E-state index contributed by atoms with van der Waals surface area (Å²) in [5.74, 6) is 0. The van der Waals surface area contributed by atoms with E-state index in [1.54, 1.807) is 33.2 Å². The zero-order chi connectivity index (χ0) is 16.7. The minimum Gasteiger partial charge on any atom is -0.380 e. The molecule has 2 atom stereocenters. The van der Waals surface area contributed by atoms with E-state index in [1.807, 2.05) is 30.3 Å². The van der Waals surface area contributed by atoms with Crippen molar-refractivity contribution in [1.29, 1.82) is 0 Å². The van der Waals surface area contributed by atoms with Gasteiger partial charge in [0.1, 0.15) is 0 Å². The van der Waals surface area contributed by atoms with Crippen LogP contribution in [0.25, 0.3) is 0 Å². The van der Waals surface area contributed by atoms with E-state index >= 15 is 0 Å². The van der Waals surface area contributed by atoms with Gasteiger partial charge in [0, 0.05) is 19.0 Å². The maximum absolute atomic E-state index is 11.5. The number of hydrogen-bond acceptors (Lipinski definition) is 5. The molecular formula is C17H22N2O4. The Bertz CT molecular complexity index is 657. The van der Waals surface area contributed by atoms with Crippen LogP contribution in [0.3, 0.4) is 0 Å². The summed E-state index contributed by atoms with van der Waals surface area (Å²) in [6.07, 6.45) is 1.08. The molecule has 1 aliphatic rings. The molecule has 0 N–H and O–H groups in total. The first-order chi connectivity index (χ1) is 11.1. The van der Waals surface area contributed by atoms with Gasteiger partial charge in [0.05, 0.1) is 13.2 Å². The average Bonchev–Trinajstić information content (AvgIpc) is 2.96. The molecular weight excluding hydrogens is 296 g/mol. The number of ether oxygens (including phenoxy) is 3. The van der Waals surface area contributed by atoms with Gasteiger partial charge in [-0.3, -0.25) is 4.57 Å². The Morgan fingerprint density at radius 1 is 1.30 bits per heavy atom. The van der Waals surface area contributed by atoms with Gasteiger partial charge in [-0.15, -0.1) is 0 Å². The van der Waals surface area contributed by atoms with Crippen LogP contribution < -0.4 is 5.69 Å². The average molecular weight is 318 g/mol. The molecule has 2 aromatic rings. The molecule has 1 aromatic carbocycles. The minimum atomic E-state index is -0.342. The summed E-state index contributed by atoms with van der Waals surface area (Å²) < 4.78 is 16.9. The molecule has 6 heteroatoms. The normalized spacial score (nSPS) is 20.0. The molecule has 0 spiro atoms. The van der Waals surface area contributed by atoms with Gasteiger partial charge in [-0.2, -0.15) is 4.98 Å². The van der Waals surface area contributed by atoms with Gasteiger partial charge in [-0.05, 0) is 25.5 Å². The predicted molar refractivity (Wildman–Crippen MR) is 85.9 cm³/mol. The van der Waals surface area contributed by atoms with Crippen LogP contribution in [0.4, 0.5) is 0 Å². The first-order valence-electron chi connectivity index (χ1n) is 7.46. The summed E-state index contributed by atoms with van der Waals surface area (Å²) in [7, 11) is 1.70. The zero-order valence-electron chi connectivity index (χ0n) is 13.6. The lowest BCUT2D eigenvalue weighted by Crippen LogP contribution is -2.28. The second-order valence-electron chi connectivity index (χ2n) is 5.17. The number of benzene rings is 1. The monoisotopic (exact) mass is 318 g/mol. The fraction of sp³-hybridized carbons (Fsp3) is 0.412. The maximum atomic E-state index is 11.5. The van der Waals surface area contributed by atoms with Gasteiger partial charge in [0.2, 0.25) is 0 Å². The number of aromatic nitrogens is 2. The van der Waals surface area contributed by atoms with E-state index in [1.165, 1.54) is 10.1 Å². The molecule has 0 saturated carbocycles. The smallest absolute Gasteiger partial charge is 0.349 e. The fourth-order valence-corrected chi connectivity index (χ4v) is 2.12. The molecule has 0 unspecified atom stereocenters. The standard InChI is InChI=1S/C9H12N2O3.C8H10O/c1-6-3-4-11(9(12)10-6)8-5-13-7(2)14-8;1-9-7-8-5-3-2-4-6-8/h3-4,7-8H,5H2,1-2H3;2-6H,7H2,1H3/t7-,8-;/m0./s1. The molecule has 6 nitrogen and oxygen atoms in total. The van der Waals surface area contributed by atoms with Gasteiger partial charge in [-0.25, -0.2) is 4.79 Å². The van der Waals surface area contributed by atoms with Crippen molar-refractivity contribution in [3.05, 3.63) is 64.3 Å². The van der Waals surface area contributed by atoms with Crippen LogP contribution in [0, 0.1) is 6.92 Å². The van der Waals surface area contributed by atoms with Gasteiger partial charge in [0.15, 0.2) is 12.5 Å². The van der Waals surface area contributed by atoms with E-state index in [0.29, 0.717) is 18.9 Å². The Balaban J connectivity index is 0.000000185.